The molecule has 0 fully saturated rings. The monoisotopic (exact) mass is 209 g/mol. The molecule has 0 aliphatic heterocycles. The van der Waals surface area contributed by atoms with Crippen molar-refractivity contribution in [3.05, 3.63) is 39.4 Å². The van der Waals surface area contributed by atoms with Crippen molar-refractivity contribution in [3.8, 4) is 0 Å². The number of nitrogens with zero attached hydrogens (tertiary/aromatic N) is 1. The predicted octanol–water partition coefficient (Wildman–Crippen LogP) is 2.38. The van der Waals surface area contributed by atoms with Gasteiger partial charge in [-0.15, -0.1) is 0 Å². The molecule has 0 unspecified atom stereocenters. The van der Waals surface area contributed by atoms with Gasteiger partial charge in [0.2, 0.25) is 0 Å². The number of nitro groups is 1. The second-order valence-electron chi connectivity index (χ2n) is 4.55. The van der Waals surface area contributed by atoms with Gasteiger partial charge in [-0.2, -0.15) is 0 Å². The van der Waals surface area contributed by atoms with E-state index in [1.165, 1.54) is 6.07 Å². The average Bonchev–Trinajstić information content (AvgIpc) is 2.15. The van der Waals surface area contributed by atoms with Crippen molar-refractivity contribution in [3.63, 3.8) is 0 Å². The van der Waals surface area contributed by atoms with E-state index < -0.39 is 4.92 Å². The number of aliphatic hydroxyl groups is 1. The van der Waals surface area contributed by atoms with Gasteiger partial charge in [0, 0.05) is 12.1 Å². The van der Waals surface area contributed by atoms with E-state index >= 15 is 0 Å². The lowest BCUT2D eigenvalue weighted by atomic mass is 9.86. The van der Waals surface area contributed by atoms with Gasteiger partial charge in [-0.05, 0) is 16.5 Å². The van der Waals surface area contributed by atoms with Crippen molar-refractivity contribution in [1.29, 1.82) is 0 Å². The van der Waals surface area contributed by atoms with Crippen LogP contribution in [0.5, 0.6) is 0 Å². The van der Waals surface area contributed by atoms with Gasteiger partial charge in [-0.1, -0.05) is 26.8 Å². The Balaban J connectivity index is 3.30. The van der Waals surface area contributed by atoms with Crippen LogP contribution in [-0.4, -0.2) is 10.0 Å². The molecule has 0 aliphatic carbocycles. The smallest absolute Gasteiger partial charge is 0.270 e. The lowest BCUT2D eigenvalue weighted by Crippen LogP contribution is -2.12. The lowest BCUT2D eigenvalue weighted by molar-refractivity contribution is -0.385. The first-order valence-corrected chi connectivity index (χ1v) is 4.74. The van der Waals surface area contributed by atoms with Crippen LogP contribution < -0.4 is 0 Å². The van der Waals surface area contributed by atoms with Gasteiger partial charge in [0.15, 0.2) is 0 Å². The fourth-order valence-electron chi connectivity index (χ4n) is 1.30. The van der Waals surface area contributed by atoms with E-state index in [1.54, 1.807) is 12.1 Å². The number of hydrogen-bond acceptors (Lipinski definition) is 3. The summed E-state index contributed by atoms with van der Waals surface area (Å²) < 4.78 is 0. The first kappa shape index (κ1) is 11.7. The zero-order valence-electron chi connectivity index (χ0n) is 9.15. The molecule has 0 saturated carbocycles. The summed E-state index contributed by atoms with van der Waals surface area (Å²) in [7, 11) is 0. The van der Waals surface area contributed by atoms with Crippen molar-refractivity contribution < 1.29 is 10.0 Å². The standard InChI is InChI=1S/C11H15NO3/c1-11(2,3)9-4-8(7-13)5-10(6-9)12(14)15/h4-6,13H,7H2,1-3H3. The van der Waals surface area contributed by atoms with Gasteiger partial charge in [0.1, 0.15) is 0 Å². The summed E-state index contributed by atoms with van der Waals surface area (Å²) in [5.74, 6) is 0. The van der Waals surface area contributed by atoms with Crippen molar-refractivity contribution in [2.75, 3.05) is 0 Å². The van der Waals surface area contributed by atoms with E-state index in [-0.39, 0.29) is 17.7 Å². The van der Waals surface area contributed by atoms with Gasteiger partial charge < -0.3 is 5.11 Å². The highest BCUT2D eigenvalue weighted by Crippen LogP contribution is 2.27. The van der Waals surface area contributed by atoms with Gasteiger partial charge in [0.25, 0.3) is 5.69 Å². The molecule has 82 valence electrons. The Bertz CT molecular complexity index is 380. The summed E-state index contributed by atoms with van der Waals surface area (Å²) in [6.07, 6.45) is 0. The average molecular weight is 209 g/mol. The van der Waals surface area contributed by atoms with Crippen LogP contribution in [0.2, 0.25) is 0 Å². The normalized spacial score (nSPS) is 11.5. The molecule has 0 aromatic heterocycles. The summed E-state index contributed by atoms with van der Waals surface area (Å²) in [4.78, 5) is 10.2. The number of non-ortho nitro benzene ring substituents is 1. The SMILES string of the molecule is CC(C)(C)c1cc(CO)cc([N+](=O)[O-])c1. The molecule has 0 spiro atoms. The van der Waals surface area contributed by atoms with E-state index in [2.05, 4.69) is 0 Å². The Labute approximate surface area is 88.7 Å². The van der Waals surface area contributed by atoms with Gasteiger partial charge in [-0.25, -0.2) is 0 Å². The first-order valence-electron chi connectivity index (χ1n) is 4.74. The molecule has 1 aromatic carbocycles. The largest absolute Gasteiger partial charge is 0.392 e. The van der Waals surface area contributed by atoms with E-state index in [0.29, 0.717) is 5.56 Å². The zero-order valence-corrected chi connectivity index (χ0v) is 9.15. The maximum Gasteiger partial charge on any atom is 0.270 e. The van der Waals surface area contributed by atoms with Crippen molar-refractivity contribution in [2.45, 2.75) is 32.8 Å². The van der Waals surface area contributed by atoms with Crippen LogP contribution in [0.15, 0.2) is 18.2 Å². The van der Waals surface area contributed by atoms with Crippen molar-refractivity contribution >= 4 is 5.69 Å². The number of nitro benzene ring substituents is 1. The number of rotatable bonds is 2. The van der Waals surface area contributed by atoms with Crippen LogP contribution in [-0.2, 0) is 12.0 Å². The Morgan fingerprint density at radius 1 is 1.33 bits per heavy atom. The highest BCUT2D eigenvalue weighted by molar-refractivity contribution is 5.41. The van der Waals surface area contributed by atoms with E-state index in [4.69, 9.17) is 5.11 Å². The molecule has 0 aliphatic rings. The summed E-state index contributed by atoms with van der Waals surface area (Å²) in [5, 5.41) is 19.7. The van der Waals surface area contributed by atoms with Gasteiger partial charge >= 0.3 is 0 Å². The molecule has 1 rings (SSSR count). The minimum atomic E-state index is -0.436. The summed E-state index contributed by atoms with van der Waals surface area (Å²) in [6, 6.07) is 4.75. The predicted molar refractivity (Wildman–Crippen MR) is 57.7 cm³/mol. The number of hydrogen-bond donors (Lipinski definition) is 1. The molecule has 15 heavy (non-hydrogen) atoms. The lowest BCUT2D eigenvalue weighted by Gasteiger charge is -2.19. The Morgan fingerprint density at radius 2 is 1.93 bits per heavy atom. The molecule has 1 aromatic rings. The van der Waals surface area contributed by atoms with Crippen LogP contribution in [0.1, 0.15) is 31.9 Å². The van der Waals surface area contributed by atoms with Crippen molar-refractivity contribution in [2.24, 2.45) is 0 Å². The quantitative estimate of drug-likeness (QED) is 0.600. The highest BCUT2D eigenvalue weighted by Gasteiger charge is 2.18. The molecule has 4 heteroatoms. The van der Waals surface area contributed by atoms with Crippen LogP contribution in [0.3, 0.4) is 0 Å². The maximum absolute atomic E-state index is 10.7. The molecule has 0 saturated heterocycles. The van der Waals surface area contributed by atoms with Crippen LogP contribution in [0.4, 0.5) is 5.69 Å². The topological polar surface area (TPSA) is 63.4 Å². The minimum absolute atomic E-state index is 0.0338. The first-order chi connectivity index (χ1) is 6.84. The molecule has 0 radical (unpaired) electrons. The Hall–Kier alpha value is -1.42. The highest BCUT2D eigenvalue weighted by atomic mass is 16.6. The summed E-state index contributed by atoms with van der Waals surface area (Å²) in [5.41, 5.74) is 1.32. The van der Waals surface area contributed by atoms with Crippen LogP contribution in [0, 0.1) is 10.1 Å². The number of aliphatic hydroxyl groups excluding tert-OH is 1. The molecule has 0 amide bonds. The molecule has 0 atom stereocenters. The van der Waals surface area contributed by atoms with Crippen molar-refractivity contribution in [1.82, 2.24) is 0 Å². The van der Waals surface area contributed by atoms with E-state index in [1.807, 2.05) is 20.8 Å². The summed E-state index contributed by atoms with van der Waals surface area (Å²) >= 11 is 0. The third-order valence-corrected chi connectivity index (χ3v) is 2.24. The fraction of sp³-hybridized carbons (Fsp3) is 0.455. The van der Waals surface area contributed by atoms with E-state index in [9.17, 15) is 10.1 Å². The minimum Gasteiger partial charge on any atom is -0.392 e. The van der Waals surface area contributed by atoms with Gasteiger partial charge in [-0.3, -0.25) is 10.1 Å². The Kier molecular flexibility index (Phi) is 3.09. The maximum atomic E-state index is 10.7. The Morgan fingerprint density at radius 3 is 2.33 bits per heavy atom. The number of benzene rings is 1. The zero-order chi connectivity index (χ0) is 11.6. The molecule has 0 heterocycles. The van der Waals surface area contributed by atoms with Crippen LogP contribution >= 0.6 is 0 Å². The molecule has 0 bridgehead atoms. The molecular weight excluding hydrogens is 194 g/mol. The van der Waals surface area contributed by atoms with E-state index in [0.717, 1.165) is 5.56 Å². The van der Waals surface area contributed by atoms with Gasteiger partial charge in [0.05, 0.1) is 11.5 Å². The second kappa shape index (κ2) is 3.98. The second-order valence-corrected chi connectivity index (χ2v) is 4.55. The third-order valence-electron chi connectivity index (χ3n) is 2.24. The summed E-state index contributed by atoms with van der Waals surface area (Å²) in [6.45, 7) is 5.76. The molecule has 4 nitrogen and oxygen atoms in total. The molecule has 1 N–H and O–H groups in total. The third kappa shape index (κ3) is 2.76. The molecular formula is C11H15NO3. The fourth-order valence-corrected chi connectivity index (χ4v) is 1.30. The van der Waals surface area contributed by atoms with Crippen LogP contribution in [0.25, 0.3) is 0 Å².